The van der Waals surface area contributed by atoms with Gasteiger partial charge in [-0.05, 0) is 47.6 Å². The number of ether oxygens (including phenoxy) is 5. The van der Waals surface area contributed by atoms with Crippen LogP contribution in [0.25, 0.3) is 0 Å². The predicted molar refractivity (Wildman–Crippen MR) is 137 cm³/mol. The van der Waals surface area contributed by atoms with Gasteiger partial charge >= 0.3 is 5.97 Å². The Morgan fingerprint density at radius 2 is 1.46 bits per heavy atom. The highest BCUT2D eigenvalue weighted by atomic mass is 16.7. The molecule has 0 amide bonds. The Labute approximate surface area is 234 Å². The molecule has 2 aromatic rings. The maximum absolute atomic E-state index is 11.5. The standard InChI is InChI=1S/C27H34O14/c1-37-14-6-11(7-15(38-2)19(14)29)17-13(9-40-27-24(34)22(32)23(33)25(41-27)26(35)36)12(8-28)4-10-5-16(39-3)20(30)21(31)18(10)17/h5-7,12-13,17,22-25,27-34H,4,8-9H2,1-3H3,(H,35,36)/t12-,13+,17-,22+,23+,24-,25+,27-/m1/s1. The van der Waals surface area contributed by atoms with E-state index in [0.29, 0.717) is 11.1 Å². The monoisotopic (exact) mass is 582 g/mol. The fourth-order valence-corrected chi connectivity index (χ4v) is 5.63. The number of phenols is 3. The summed E-state index contributed by atoms with van der Waals surface area (Å²) < 4.78 is 26.9. The van der Waals surface area contributed by atoms with Gasteiger partial charge in [0.25, 0.3) is 0 Å². The average Bonchev–Trinajstić information content (AvgIpc) is 2.96. The fourth-order valence-electron chi connectivity index (χ4n) is 5.63. The predicted octanol–water partition coefficient (Wildman–Crippen LogP) is -0.349. The van der Waals surface area contributed by atoms with E-state index in [-0.39, 0.29) is 48.2 Å². The van der Waals surface area contributed by atoms with Gasteiger partial charge in [-0.3, -0.25) is 0 Å². The van der Waals surface area contributed by atoms with E-state index in [1.165, 1.54) is 39.5 Å². The molecule has 0 aromatic heterocycles. The highest BCUT2D eigenvalue weighted by Gasteiger charge is 2.49. The second-order valence-corrected chi connectivity index (χ2v) is 9.98. The van der Waals surface area contributed by atoms with Crippen LogP contribution in [-0.2, 0) is 20.7 Å². The first-order valence-electron chi connectivity index (χ1n) is 12.7. The number of carboxylic acid groups (broad SMARTS) is 1. The number of methoxy groups -OCH3 is 3. The Balaban J connectivity index is 1.82. The minimum absolute atomic E-state index is 0.0123. The van der Waals surface area contributed by atoms with E-state index in [4.69, 9.17) is 23.7 Å². The molecule has 1 saturated heterocycles. The average molecular weight is 583 g/mol. The molecule has 1 aliphatic carbocycles. The van der Waals surface area contributed by atoms with Crippen molar-refractivity contribution in [2.24, 2.45) is 11.8 Å². The van der Waals surface area contributed by atoms with Crippen LogP contribution in [0.15, 0.2) is 18.2 Å². The van der Waals surface area contributed by atoms with Crippen LogP contribution < -0.4 is 14.2 Å². The normalized spacial score (nSPS) is 29.4. The third kappa shape index (κ3) is 5.41. The van der Waals surface area contributed by atoms with E-state index < -0.39 is 65.9 Å². The van der Waals surface area contributed by atoms with Gasteiger partial charge in [-0.15, -0.1) is 0 Å². The number of benzene rings is 2. The molecular weight excluding hydrogens is 548 g/mol. The van der Waals surface area contributed by atoms with Crippen LogP contribution in [0.4, 0.5) is 0 Å². The van der Waals surface area contributed by atoms with Crippen LogP contribution in [-0.4, -0.2) is 112 Å². The van der Waals surface area contributed by atoms with Gasteiger partial charge in [0, 0.05) is 18.1 Å². The number of carbonyl (C=O) groups is 1. The molecule has 1 aliphatic heterocycles. The fraction of sp³-hybridized carbons (Fsp3) is 0.519. The molecule has 0 radical (unpaired) electrons. The largest absolute Gasteiger partial charge is 0.504 e. The van der Waals surface area contributed by atoms with E-state index in [0.717, 1.165) is 0 Å². The zero-order valence-corrected chi connectivity index (χ0v) is 22.5. The lowest BCUT2D eigenvalue weighted by Gasteiger charge is -2.42. The van der Waals surface area contributed by atoms with Crippen LogP contribution in [0.2, 0.25) is 0 Å². The lowest BCUT2D eigenvalue weighted by molar-refractivity contribution is -0.297. The van der Waals surface area contributed by atoms with Crippen LogP contribution in [0, 0.1) is 11.8 Å². The summed E-state index contributed by atoms with van der Waals surface area (Å²) in [5.41, 5.74) is 1.23. The summed E-state index contributed by atoms with van der Waals surface area (Å²) >= 11 is 0. The quantitative estimate of drug-likeness (QED) is 0.177. The first-order chi connectivity index (χ1) is 19.5. The molecule has 2 aromatic carbocycles. The van der Waals surface area contributed by atoms with Crippen molar-refractivity contribution in [2.45, 2.75) is 43.0 Å². The van der Waals surface area contributed by atoms with E-state index >= 15 is 0 Å². The van der Waals surface area contributed by atoms with Crippen molar-refractivity contribution in [3.63, 3.8) is 0 Å². The Bertz CT molecular complexity index is 1240. The molecule has 14 nitrogen and oxygen atoms in total. The van der Waals surface area contributed by atoms with Crippen molar-refractivity contribution in [3.8, 4) is 34.5 Å². The number of aliphatic hydroxyl groups is 4. The third-order valence-corrected chi connectivity index (χ3v) is 7.77. The highest BCUT2D eigenvalue weighted by Crippen LogP contribution is 2.54. The van der Waals surface area contributed by atoms with Gasteiger partial charge in [0.2, 0.25) is 11.5 Å². The first-order valence-corrected chi connectivity index (χ1v) is 12.7. The maximum Gasteiger partial charge on any atom is 0.335 e. The van der Waals surface area contributed by atoms with Gasteiger partial charge in [-0.2, -0.15) is 0 Å². The summed E-state index contributed by atoms with van der Waals surface area (Å²) in [6.45, 7) is -0.683. The molecule has 2 aliphatic rings. The number of rotatable bonds is 9. The SMILES string of the molecule is COc1cc([C@H]2c3c(cc(OC)c(O)c3O)C[C@H](CO)[C@@H]2CO[C@@H]2O[C@H](C(=O)O)[C@@H](O)[C@H](O)[C@H]2O)cc(OC)c1O. The molecule has 226 valence electrons. The molecular formula is C27H34O14. The van der Waals surface area contributed by atoms with E-state index in [1.54, 1.807) is 0 Å². The van der Waals surface area contributed by atoms with E-state index in [1.807, 2.05) is 0 Å². The first kappa shape index (κ1) is 30.4. The van der Waals surface area contributed by atoms with Crippen molar-refractivity contribution in [2.75, 3.05) is 34.5 Å². The summed E-state index contributed by atoms with van der Waals surface area (Å²) in [6.07, 6.45) is -8.95. The number of aliphatic carboxylic acids is 1. The summed E-state index contributed by atoms with van der Waals surface area (Å²) in [5.74, 6) is -4.93. The highest BCUT2D eigenvalue weighted by molar-refractivity contribution is 5.73. The number of hydrogen-bond acceptors (Lipinski definition) is 13. The topological polar surface area (TPSA) is 225 Å². The van der Waals surface area contributed by atoms with Gasteiger partial charge in [0.05, 0.1) is 27.9 Å². The molecule has 8 atom stereocenters. The molecule has 1 heterocycles. The molecule has 0 bridgehead atoms. The maximum atomic E-state index is 11.5. The van der Waals surface area contributed by atoms with Crippen molar-refractivity contribution in [1.82, 2.24) is 0 Å². The van der Waals surface area contributed by atoms with Gasteiger partial charge < -0.3 is 64.5 Å². The number of aromatic hydroxyl groups is 3. The zero-order valence-electron chi connectivity index (χ0n) is 22.5. The molecule has 8 N–H and O–H groups in total. The lowest BCUT2D eigenvalue weighted by atomic mass is 9.66. The molecule has 0 saturated carbocycles. The van der Waals surface area contributed by atoms with Crippen molar-refractivity contribution in [3.05, 3.63) is 34.9 Å². The van der Waals surface area contributed by atoms with E-state index in [2.05, 4.69) is 0 Å². The third-order valence-electron chi connectivity index (χ3n) is 7.77. The number of hydrogen-bond donors (Lipinski definition) is 8. The summed E-state index contributed by atoms with van der Waals surface area (Å²) in [5, 5.41) is 82.8. The van der Waals surface area contributed by atoms with Crippen molar-refractivity contribution in [1.29, 1.82) is 0 Å². The molecule has 4 rings (SSSR count). The van der Waals surface area contributed by atoms with Gasteiger partial charge in [-0.25, -0.2) is 4.79 Å². The Hall–Kier alpha value is -3.53. The molecule has 0 unspecified atom stereocenters. The molecule has 14 heteroatoms. The Kier molecular flexibility index (Phi) is 9.01. The Morgan fingerprint density at radius 3 is 2.00 bits per heavy atom. The van der Waals surface area contributed by atoms with Gasteiger partial charge in [0.15, 0.2) is 35.4 Å². The second kappa shape index (κ2) is 12.1. The summed E-state index contributed by atoms with van der Waals surface area (Å²) in [7, 11) is 3.99. The van der Waals surface area contributed by atoms with E-state index in [9.17, 15) is 45.6 Å². The summed E-state index contributed by atoms with van der Waals surface area (Å²) in [6, 6.07) is 4.52. The number of fused-ring (bicyclic) bond motifs is 1. The molecule has 0 spiro atoms. The second-order valence-electron chi connectivity index (χ2n) is 9.98. The van der Waals surface area contributed by atoms with Crippen molar-refractivity contribution < 1.29 is 69.3 Å². The van der Waals surface area contributed by atoms with Gasteiger partial charge in [0.1, 0.15) is 18.3 Å². The number of phenolic OH excluding ortho intramolecular Hbond substituents is 3. The minimum Gasteiger partial charge on any atom is -0.504 e. The minimum atomic E-state index is -1.91. The van der Waals surface area contributed by atoms with Gasteiger partial charge in [-0.1, -0.05) is 0 Å². The number of aliphatic hydroxyl groups excluding tert-OH is 4. The smallest absolute Gasteiger partial charge is 0.335 e. The summed E-state index contributed by atoms with van der Waals surface area (Å²) in [4.78, 5) is 11.5. The van der Waals surface area contributed by atoms with Crippen LogP contribution in [0.1, 0.15) is 22.6 Å². The molecule has 1 fully saturated rings. The number of carboxylic acids is 1. The lowest BCUT2D eigenvalue weighted by Crippen LogP contribution is -2.60. The van der Waals surface area contributed by atoms with Crippen molar-refractivity contribution >= 4 is 5.97 Å². The molecule has 41 heavy (non-hydrogen) atoms. The zero-order chi connectivity index (χ0) is 30.2. The Morgan fingerprint density at radius 1 is 0.878 bits per heavy atom. The van der Waals surface area contributed by atoms with Crippen LogP contribution in [0.5, 0.6) is 34.5 Å². The van der Waals surface area contributed by atoms with Crippen LogP contribution >= 0.6 is 0 Å². The van der Waals surface area contributed by atoms with Crippen LogP contribution in [0.3, 0.4) is 0 Å².